The molecule has 0 fully saturated rings. The summed E-state index contributed by atoms with van der Waals surface area (Å²) < 4.78 is 11.3. The number of benzene rings is 2. The highest BCUT2D eigenvalue weighted by atomic mass is 16.7. The number of carboxylic acid groups (broad SMARTS) is 2. The van der Waals surface area contributed by atoms with Crippen LogP contribution in [-0.2, 0) is 24.0 Å². The lowest BCUT2D eigenvalue weighted by atomic mass is 9.90. The van der Waals surface area contributed by atoms with Gasteiger partial charge in [-0.25, -0.2) is 9.59 Å². The molecule has 0 aliphatic heterocycles. The number of carboxylic acids is 2. The summed E-state index contributed by atoms with van der Waals surface area (Å²) in [5.41, 5.74) is 1.24. The SMILES string of the molecule is CCCCCC(C(=O)NCNC(=O)c1ccc(-c2ccc(C(=O)NC(CC(=O)O)C(=O)O)c(OCC)c2)o1)[C@@H](CC)N(C=O)OC(=O)c1cccc(NC)c1. The van der Waals surface area contributed by atoms with Gasteiger partial charge in [0.1, 0.15) is 17.6 Å². The number of nitrogens with one attached hydrogen (secondary N) is 4. The minimum atomic E-state index is -1.67. The first kappa shape index (κ1) is 43.0. The van der Waals surface area contributed by atoms with E-state index in [-0.39, 0.29) is 41.7 Å². The molecule has 4 amide bonds. The minimum Gasteiger partial charge on any atom is -0.493 e. The topological polar surface area (TPSA) is 243 Å². The van der Waals surface area contributed by atoms with Crippen molar-refractivity contribution < 1.29 is 57.8 Å². The predicted molar refractivity (Wildman–Crippen MR) is 198 cm³/mol. The first-order chi connectivity index (χ1) is 26.4. The number of rotatable bonds is 23. The highest BCUT2D eigenvalue weighted by Crippen LogP contribution is 2.29. The van der Waals surface area contributed by atoms with Gasteiger partial charge in [-0.1, -0.05) is 45.2 Å². The fourth-order valence-electron chi connectivity index (χ4n) is 5.67. The van der Waals surface area contributed by atoms with E-state index in [1.165, 1.54) is 30.3 Å². The number of anilines is 1. The monoisotopic (exact) mass is 765 g/mol. The molecule has 6 N–H and O–H groups in total. The van der Waals surface area contributed by atoms with Crippen LogP contribution in [0.15, 0.2) is 59.0 Å². The number of aliphatic carboxylic acids is 2. The molecular weight excluding hydrogens is 718 g/mol. The number of hydroxylamine groups is 2. The number of carbonyl (C=O) groups is 7. The molecule has 0 radical (unpaired) electrons. The summed E-state index contributed by atoms with van der Waals surface area (Å²) >= 11 is 0. The van der Waals surface area contributed by atoms with Gasteiger partial charge in [0.25, 0.3) is 11.8 Å². The van der Waals surface area contributed by atoms with Gasteiger partial charge in [0.2, 0.25) is 12.3 Å². The normalized spacial score (nSPS) is 12.3. The molecule has 0 saturated carbocycles. The summed E-state index contributed by atoms with van der Waals surface area (Å²) in [6.45, 7) is 5.30. The van der Waals surface area contributed by atoms with E-state index in [0.717, 1.165) is 17.9 Å². The number of unbranched alkanes of at least 4 members (excludes halogenated alkanes) is 2. The first-order valence-corrected chi connectivity index (χ1v) is 17.8. The Balaban J connectivity index is 1.69. The van der Waals surface area contributed by atoms with Crippen LogP contribution in [0.2, 0.25) is 0 Å². The molecule has 2 aromatic carbocycles. The lowest BCUT2D eigenvalue weighted by molar-refractivity contribution is -0.171. The maximum absolute atomic E-state index is 13.5. The number of hydrogen-bond donors (Lipinski definition) is 6. The maximum atomic E-state index is 13.5. The van der Waals surface area contributed by atoms with Crippen molar-refractivity contribution in [3.05, 3.63) is 71.5 Å². The Hall–Kier alpha value is -6.39. The average Bonchev–Trinajstić information content (AvgIpc) is 3.67. The lowest BCUT2D eigenvalue weighted by Gasteiger charge is -2.31. The van der Waals surface area contributed by atoms with Gasteiger partial charge in [-0.15, -0.1) is 0 Å². The van der Waals surface area contributed by atoms with Gasteiger partial charge in [-0.2, -0.15) is 5.06 Å². The number of furan rings is 1. The molecule has 0 aliphatic rings. The van der Waals surface area contributed by atoms with Gasteiger partial charge >= 0.3 is 17.9 Å². The van der Waals surface area contributed by atoms with Crippen molar-refractivity contribution in [2.45, 2.75) is 71.4 Å². The van der Waals surface area contributed by atoms with Gasteiger partial charge in [0.15, 0.2) is 5.76 Å². The van der Waals surface area contributed by atoms with Crippen LogP contribution in [0.4, 0.5) is 5.69 Å². The molecule has 0 aliphatic carbocycles. The number of nitrogens with zero attached hydrogens (tertiary/aromatic N) is 1. The Morgan fingerprint density at radius 3 is 2.33 bits per heavy atom. The molecule has 1 heterocycles. The number of amides is 4. The van der Waals surface area contributed by atoms with E-state index >= 15 is 0 Å². The van der Waals surface area contributed by atoms with Gasteiger partial charge in [-0.05, 0) is 62.2 Å². The third kappa shape index (κ3) is 12.3. The van der Waals surface area contributed by atoms with Crippen molar-refractivity contribution in [3.8, 4) is 17.1 Å². The quantitative estimate of drug-likeness (QED) is 0.0346. The molecule has 0 saturated heterocycles. The standard InChI is InChI=1S/C38H47N5O12/c1-5-8-9-13-26(29(6-2)43(22-44)55-38(52)24-11-10-12-25(18-24)39-4)34(47)40-21-41-36(49)31-17-16-30(54-31)23-14-15-27(32(19-23)53-7-3)35(48)42-28(37(50)51)20-33(45)46/h10-12,14-19,22,26,28-29,39H,5-9,13,20-21H2,1-4H3,(H,40,47)(H,41,49)(H,42,48)(H,45,46)(H,50,51)/t26?,28?,29-/m1/s1. The zero-order valence-corrected chi connectivity index (χ0v) is 31.1. The highest BCUT2D eigenvalue weighted by molar-refractivity contribution is 6.00. The van der Waals surface area contributed by atoms with Gasteiger partial charge < -0.3 is 45.5 Å². The van der Waals surface area contributed by atoms with E-state index in [2.05, 4.69) is 21.3 Å². The minimum absolute atomic E-state index is 0.0467. The van der Waals surface area contributed by atoms with Crippen molar-refractivity contribution in [2.24, 2.45) is 5.92 Å². The summed E-state index contributed by atoms with van der Waals surface area (Å²) in [5.74, 6) is -6.27. The van der Waals surface area contributed by atoms with Crippen molar-refractivity contribution in [1.29, 1.82) is 0 Å². The summed E-state index contributed by atoms with van der Waals surface area (Å²) in [6.07, 6.45) is 2.61. The van der Waals surface area contributed by atoms with Gasteiger partial charge in [0.05, 0.1) is 42.8 Å². The van der Waals surface area contributed by atoms with Crippen LogP contribution in [0, 0.1) is 5.92 Å². The van der Waals surface area contributed by atoms with Crippen molar-refractivity contribution in [2.75, 3.05) is 25.6 Å². The van der Waals surface area contributed by atoms with Crippen LogP contribution >= 0.6 is 0 Å². The zero-order valence-electron chi connectivity index (χ0n) is 31.1. The third-order valence-electron chi connectivity index (χ3n) is 8.48. The molecule has 17 heteroatoms. The van der Waals surface area contributed by atoms with Crippen LogP contribution in [0.5, 0.6) is 5.75 Å². The molecule has 1 aromatic heterocycles. The lowest BCUT2D eigenvalue weighted by Crippen LogP contribution is -2.49. The predicted octanol–water partition coefficient (Wildman–Crippen LogP) is 4.05. The van der Waals surface area contributed by atoms with E-state index < -0.39 is 60.1 Å². The number of ether oxygens (including phenoxy) is 1. The third-order valence-corrected chi connectivity index (χ3v) is 8.48. The Morgan fingerprint density at radius 1 is 0.927 bits per heavy atom. The molecule has 55 heavy (non-hydrogen) atoms. The second kappa shape index (κ2) is 21.3. The van der Waals surface area contributed by atoms with Crippen LogP contribution in [0.25, 0.3) is 11.3 Å². The van der Waals surface area contributed by atoms with E-state index in [0.29, 0.717) is 36.9 Å². The molecular formula is C38H47N5O12. The van der Waals surface area contributed by atoms with Crippen LogP contribution in [0.1, 0.15) is 90.6 Å². The number of carbonyl (C=O) groups excluding carboxylic acids is 5. The van der Waals surface area contributed by atoms with Crippen molar-refractivity contribution in [1.82, 2.24) is 21.0 Å². The van der Waals surface area contributed by atoms with E-state index in [1.807, 2.05) is 6.92 Å². The molecule has 296 valence electrons. The van der Waals surface area contributed by atoms with Crippen molar-refractivity contribution >= 4 is 47.7 Å². The van der Waals surface area contributed by atoms with Crippen LogP contribution in [0.3, 0.4) is 0 Å². The Bertz CT molecular complexity index is 1830. The summed E-state index contributed by atoms with van der Waals surface area (Å²) in [4.78, 5) is 92.5. The van der Waals surface area contributed by atoms with Crippen molar-refractivity contribution in [3.63, 3.8) is 0 Å². The van der Waals surface area contributed by atoms with E-state index in [4.69, 9.17) is 19.1 Å². The Kier molecular flexibility index (Phi) is 16.7. The van der Waals surface area contributed by atoms with Crippen LogP contribution < -0.4 is 26.0 Å². The molecule has 0 spiro atoms. The Morgan fingerprint density at radius 2 is 1.69 bits per heavy atom. The van der Waals surface area contributed by atoms with E-state index in [9.17, 15) is 38.7 Å². The average molecular weight is 766 g/mol. The largest absolute Gasteiger partial charge is 0.493 e. The van der Waals surface area contributed by atoms with Crippen LogP contribution in [-0.4, -0.2) is 89.7 Å². The second-order valence-electron chi connectivity index (χ2n) is 12.2. The molecule has 3 rings (SSSR count). The molecule has 3 atom stereocenters. The maximum Gasteiger partial charge on any atom is 0.363 e. The van der Waals surface area contributed by atoms with Gasteiger partial charge in [-0.3, -0.25) is 24.0 Å². The molecule has 2 unspecified atom stereocenters. The fraction of sp³-hybridized carbons (Fsp3) is 0.395. The fourth-order valence-corrected chi connectivity index (χ4v) is 5.67. The smallest absolute Gasteiger partial charge is 0.363 e. The molecule has 3 aromatic rings. The second-order valence-corrected chi connectivity index (χ2v) is 12.2. The number of hydrogen-bond acceptors (Lipinski definition) is 11. The summed E-state index contributed by atoms with van der Waals surface area (Å²) in [5, 5.41) is 29.5. The summed E-state index contributed by atoms with van der Waals surface area (Å²) in [6, 6.07) is 11.3. The first-order valence-electron chi connectivity index (χ1n) is 17.8. The zero-order chi connectivity index (χ0) is 40.5. The Labute approximate surface area is 317 Å². The highest BCUT2D eigenvalue weighted by Gasteiger charge is 2.34. The van der Waals surface area contributed by atoms with Gasteiger partial charge in [0, 0.05) is 18.3 Å². The molecule has 0 bridgehead atoms. The van der Waals surface area contributed by atoms with E-state index in [1.54, 1.807) is 45.2 Å². The molecule has 17 nitrogen and oxygen atoms in total. The summed E-state index contributed by atoms with van der Waals surface area (Å²) in [7, 11) is 1.70.